The third-order valence-corrected chi connectivity index (χ3v) is 4.00. The van der Waals surface area contributed by atoms with E-state index in [9.17, 15) is 9.59 Å². The van der Waals surface area contributed by atoms with Gasteiger partial charge in [0.25, 0.3) is 5.56 Å². The Balaban J connectivity index is 1.63. The van der Waals surface area contributed by atoms with E-state index in [1.54, 1.807) is 12.4 Å². The minimum Gasteiger partial charge on any atom is -0.379 e. The summed E-state index contributed by atoms with van der Waals surface area (Å²) in [4.78, 5) is 36.5. The lowest BCUT2D eigenvalue weighted by molar-refractivity contribution is -0.130. The molecule has 126 valence electrons. The van der Waals surface area contributed by atoms with Gasteiger partial charge in [-0.2, -0.15) is 0 Å². The Kier molecular flexibility index (Phi) is 5.32. The predicted octanol–water partition coefficient (Wildman–Crippen LogP) is 0.425. The molecule has 0 radical (unpaired) electrons. The quantitative estimate of drug-likeness (QED) is 0.879. The number of carbonyl (C=O) groups is 1. The number of nitrogens with one attached hydrogen (secondary N) is 1. The topological polar surface area (TPSA) is 88.2 Å². The molecule has 0 aliphatic carbocycles. The number of ether oxygens (including phenoxy) is 1. The van der Waals surface area contributed by atoms with Gasteiger partial charge in [-0.15, -0.1) is 0 Å². The van der Waals surface area contributed by atoms with Gasteiger partial charge in [-0.3, -0.25) is 14.6 Å². The number of pyridine rings is 1. The van der Waals surface area contributed by atoms with Crippen LogP contribution in [0.15, 0.2) is 41.7 Å². The molecule has 24 heavy (non-hydrogen) atoms. The van der Waals surface area contributed by atoms with Crippen molar-refractivity contribution < 1.29 is 9.53 Å². The summed E-state index contributed by atoms with van der Waals surface area (Å²) < 4.78 is 5.62. The van der Waals surface area contributed by atoms with Gasteiger partial charge in [-0.25, -0.2) is 4.98 Å². The fraction of sp³-hybridized carbons (Fsp3) is 0.412. The van der Waals surface area contributed by atoms with Gasteiger partial charge >= 0.3 is 0 Å². The maximum Gasteiger partial charge on any atom is 0.250 e. The van der Waals surface area contributed by atoms with E-state index in [0.717, 1.165) is 5.56 Å². The summed E-state index contributed by atoms with van der Waals surface area (Å²) in [6.45, 7) is 2.27. The Labute approximate surface area is 139 Å². The number of nitrogens with zero attached hydrogens (tertiary/aromatic N) is 3. The number of aromatic nitrogens is 3. The maximum atomic E-state index is 12.5. The summed E-state index contributed by atoms with van der Waals surface area (Å²) in [6.07, 6.45) is 5.76. The smallest absolute Gasteiger partial charge is 0.250 e. The van der Waals surface area contributed by atoms with Gasteiger partial charge in [-0.05, 0) is 18.1 Å². The molecular formula is C17H20N4O3. The van der Waals surface area contributed by atoms with Gasteiger partial charge in [0.1, 0.15) is 0 Å². The van der Waals surface area contributed by atoms with Crippen LogP contribution in [-0.2, 0) is 22.4 Å². The molecule has 7 heteroatoms. The Morgan fingerprint density at radius 3 is 3.17 bits per heavy atom. The van der Waals surface area contributed by atoms with Crippen molar-refractivity contribution in [2.45, 2.75) is 12.8 Å². The second kappa shape index (κ2) is 7.83. The van der Waals surface area contributed by atoms with Crippen LogP contribution < -0.4 is 5.56 Å². The predicted molar refractivity (Wildman–Crippen MR) is 87.4 cm³/mol. The Bertz CT molecular complexity index is 732. The first kappa shape index (κ1) is 16.3. The third kappa shape index (κ3) is 4.48. The minimum atomic E-state index is -0.168. The highest BCUT2D eigenvalue weighted by Crippen LogP contribution is 2.13. The molecule has 0 bridgehead atoms. The molecule has 3 rings (SSSR count). The first-order chi connectivity index (χ1) is 11.7. The van der Waals surface area contributed by atoms with Crippen molar-refractivity contribution >= 4 is 5.91 Å². The van der Waals surface area contributed by atoms with E-state index in [1.807, 2.05) is 17.0 Å². The number of carbonyl (C=O) groups excluding carboxylic acids is 1. The first-order valence-corrected chi connectivity index (χ1v) is 7.99. The number of aromatic amines is 1. The summed E-state index contributed by atoms with van der Waals surface area (Å²) in [5.74, 6) is 0.192. The van der Waals surface area contributed by atoms with Crippen molar-refractivity contribution in [3.8, 4) is 0 Å². The number of H-pyrrole nitrogens is 1. The standard InChI is InChI=1S/C17H20N4O3/c22-16-8-15(19-12-20-16)6-14-10-21(4-5-24-11-14)17(23)7-13-2-1-3-18-9-13/h1-3,8-9,12,14H,4-7,10-11H2,(H,19,20,22). The molecule has 3 heterocycles. The van der Waals surface area contributed by atoms with Crippen LogP contribution in [0.3, 0.4) is 0 Å². The van der Waals surface area contributed by atoms with Crippen molar-refractivity contribution in [1.82, 2.24) is 19.9 Å². The van der Waals surface area contributed by atoms with E-state index in [4.69, 9.17) is 4.74 Å². The van der Waals surface area contributed by atoms with Gasteiger partial charge in [0, 0.05) is 43.2 Å². The van der Waals surface area contributed by atoms with Crippen molar-refractivity contribution in [2.75, 3.05) is 26.3 Å². The normalized spacial score (nSPS) is 18.2. The molecule has 1 amide bonds. The van der Waals surface area contributed by atoms with Gasteiger partial charge < -0.3 is 14.6 Å². The van der Waals surface area contributed by atoms with E-state index < -0.39 is 0 Å². The van der Waals surface area contributed by atoms with E-state index in [1.165, 1.54) is 12.4 Å². The fourth-order valence-electron chi connectivity index (χ4n) is 2.84. The Morgan fingerprint density at radius 1 is 1.46 bits per heavy atom. The molecule has 0 aromatic carbocycles. The van der Waals surface area contributed by atoms with Gasteiger partial charge in [0.15, 0.2) is 0 Å². The lowest BCUT2D eigenvalue weighted by Gasteiger charge is -2.23. The highest BCUT2D eigenvalue weighted by molar-refractivity contribution is 5.78. The van der Waals surface area contributed by atoms with E-state index in [2.05, 4.69) is 15.0 Å². The molecule has 1 saturated heterocycles. The van der Waals surface area contributed by atoms with Gasteiger partial charge in [-0.1, -0.05) is 6.07 Å². The molecule has 1 N–H and O–H groups in total. The molecule has 1 atom stereocenters. The Hall–Kier alpha value is -2.54. The maximum absolute atomic E-state index is 12.5. The van der Waals surface area contributed by atoms with Crippen LogP contribution in [0.25, 0.3) is 0 Å². The number of rotatable bonds is 4. The van der Waals surface area contributed by atoms with E-state index in [0.29, 0.717) is 44.8 Å². The lowest BCUT2D eigenvalue weighted by Crippen LogP contribution is -2.37. The number of amides is 1. The molecule has 0 spiro atoms. The van der Waals surface area contributed by atoms with Crippen LogP contribution in [0.5, 0.6) is 0 Å². The molecule has 1 aliphatic heterocycles. The average Bonchev–Trinajstić information content (AvgIpc) is 2.81. The molecule has 1 unspecified atom stereocenters. The number of hydrogen-bond donors (Lipinski definition) is 1. The van der Waals surface area contributed by atoms with Crippen molar-refractivity contribution in [3.63, 3.8) is 0 Å². The van der Waals surface area contributed by atoms with Gasteiger partial charge in [0.05, 0.1) is 26.0 Å². The second-order valence-electron chi connectivity index (χ2n) is 5.93. The van der Waals surface area contributed by atoms with Gasteiger partial charge in [0.2, 0.25) is 5.91 Å². The zero-order valence-corrected chi connectivity index (χ0v) is 13.4. The van der Waals surface area contributed by atoms with Crippen LogP contribution in [-0.4, -0.2) is 52.1 Å². The van der Waals surface area contributed by atoms with E-state index >= 15 is 0 Å². The average molecular weight is 328 g/mol. The monoisotopic (exact) mass is 328 g/mol. The summed E-state index contributed by atoms with van der Waals surface area (Å²) in [7, 11) is 0. The Morgan fingerprint density at radius 2 is 2.38 bits per heavy atom. The zero-order chi connectivity index (χ0) is 16.8. The molecule has 0 saturated carbocycles. The third-order valence-electron chi connectivity index (χ3n) is 4.00. The van der Waals surface area contributed by atoms with Crippen LogP contribution in [0.2, 0.25) is 0 Å². The largest absolute Gasteiger partial charge is 0.379 e. The lowest BCUT2D eigenvalue weighted by atomic mass is 10.0. The number of hydrogen-bond acceptors (Lipinski definition) is 5. The van der Waals surface area contributed by atoms with Crippen molar-refractivity contribution in [2.24, 2.45) is 5.92 Å². The minimum absolute atomic E-state index is 0.0670. The summed E-state index contributed by atoms with van der Waals surface area (Å²) >= 11 is 0. The SMILES string of the molecule is O=C(Cc1cccnc1)N1CCOCC(Cc2cc(=O)[nH]cn2)C1. The summed E-state index contributed by atoms with van der Waals surface area (Å²) in [6, 6.07) is 5.22. The second-order valence-corrected chi connectivity index (χ2v) is 5.93. The highest BCUT2D eigenvalue weighted by Gasteiger charge is 2.23. The highest BCUT2D eigenvalue weighted by atomic mass is 16.5. The van der Waals surface area contributed by atoms with Crippen LogP contribution in [0.4, 0.5) is 0 Å². The fourth-order valence-corrected chi connectivity index (χ4v) is 2.84. The summed E-state index contributed by atoms with van der Waals surface area (Å²) in [5, 5.41) is 0. The summed E-state index contributed by atoms with van der Waals surface area (Å²) in [5.41, 5.74) is 1.45. The molecule has 1 aliphatic rings. The van der Waals surface area contributed by atoms with E-state index in [-0.39, 0.29) is 17.4 Å². The van der Waals surface area contributed by atoms with Crippen LogP contribution >= 0.6 is 0 Å². The zero-order valence-electron chi connectivity index (χ0n) is 13.4. The molecule has 7 nitrogen and oxygen atoms in total. The molecular weight excluding hydrogens is 308 g/mol. The van der Waals surface area contributed by atoms with Crippen LogP contribution in [0, 0.1) is 5.92 Å². The molecule has 2 aromatic heterocycles. The van der Waals surface area contributed by atoms with Crippen molar-refractivity contribution in [3.05, 3.63) is 58.5 Å². The first-order valence-electron chi connectivity index (χ1n) is 7.99. The van der Waals surface area contributed by atoms with Crippen LogP contribution in [0.1, 0.15) is 11.3 Å². The molecule has 2 aromatic rings. The van der Waals surface area contributed by atoms with Crippen molar-refractivity contribution in [1.29, 1.82) is 0 Å². The molecule has 1 fully saturated rings.